The zero-order valence-electron chi connectivity index (χ0n) is 12.5. The molecule has 0 aromatic heterocycles. The third-order valence-electron chi connectivity index (χ3n) is 3.90. The van der Waals surface area contributed by atoms with Gasteiger partial charge in [-0.05, 0) is 37.5 Å². The number of hydrogen-bond acceptors (Lipinski definition) is 3. The number of nitrogens with zero attached hydrogens (tertiary/aromatic N) is 1. The summed E-state index contributed by atoms with van der Waals surface area (Å²) in [4.78, 5) is 0.288. The van der Waals surface area contributed by atoms with Crippen LogP contribution in [0.25, 0.3) is 0 Å². The van der Waals surface area contributed by atoms with Crippen LogP contribution in [-0.2, 0) is 15.9 Å². The summed E-state index contributed by atoms with van der Waals surface area (Å²) in [6.45, 7) is 2.62. The maximum atomic E-state index is 12.6. The predicted molar refractivity (Wildman–Crippen MR) is 84.4 cm³/mol. The Labute approximate surface area is 132 Å². The van der Waals surface area contributed by atoms with Gasteiger partial charge in [-0.2, -0.15) is 4.31 Å². The highest BCUT2D eigenvalue weighted by molar-refractivity contribution is 7.89. The van der Waals surface area contributed by atoms with Crippen molar-refractivity contribution >= 4 is 21.6 Å². The van der Waals surface area contributed by atoms with Crippen molar-refractivity contribution in [2.75, 3.05) is 13.7 Å². The Morgan fingerprint density at radius 2 is 2.10 bits per heavy atom. The molecule has 0 aliphatic heterocycles. The van der Waals surface area contributed by atoms with Gasteiger partial charge in [0.15, 0.2) is 0 Å². The van der Waals surface area contributed by atoms with Crippen molar-refractivity contribution < 1.29 is 13.2 Å². The first-order chi connectivity index (χ1) is 10.0. The van der Waals surface area contributed by atoms with E-state index in [9.17, 15) is 8.42 Å². The van der Waals surface area contributed by atoms with E-state index in [2.05, 4.69) is 0 Å². The van der Waals surface area contributed by atoms with E-state index in [0.29, 0.717) is 17.9 Å². The van der Waals surface area contributed by atoms with Crippen molar-refractivity contribution in [3.8, 4) is 5.75 Å². The van der Waals surface area contributed by atoms with Crippen LogP contribution in [0.4, 0.5) is 0 Å². The Morgan fingerprint density at radius 1 is 1.38 bits per heavy atom. The fraction of sp³-hybridized carbons (Fsp3) is 0.600. The summed E-state index contributed by atoms with van der Waals surface area (Å²) in [5.41, 5.74) is 0.716. The number of rotatable bonds is 7. The Kier molecular flexibility index (Phi) is 5.52. The molecular weight excluding hydrogens is 310 g/mol. The molecule has 0 amide bonds. The second kappa shape index (κ2) is 6.99. The van der Waals surface area contributed by atoms with Crippen molar-refractivity contribution in [2.24, 2.45) is 0 Å². The first-order valence-electron chi connectivity index (χ1n) is 7.30. The lowest BCUT2D eigenvalue weighted by Gasteiger charge is -2.33. The fourth-order valence-electron chi connectivity index (χ4n) is 2.29. The van der Waals surface area contributed by atoms with Crippen molar-refractivity contribution in [3.05, 3.63) is 23.8 Å². The number of alkyl halides is 1. The van der Waals surface area contributed by atoms with Gasteiger partial charge in [-0.1, -0.05) is 13.3 Å². The molecule has 2 rings (SSSR count). The summed E-state index contributed by atoms with van der Waals surface area (Å²) >= 11 is 5.93. The molecule has 0 bridgehead atoms. The quantitative estimate of drug-likeness (QED) is 0.719. The molecule has 6 heteroatoms. The van der Waals surface area contributed by atoms with E-state index in [1.54, 1.807) is 25.2 Å². The van der Waals surface area contributed by atoms with E-state index in [-0.39, 0.29) is 16.8 Å². The van der Waals surface area contributed by atoms with Crippen LogP contribution in [0.5, 0.6) is 5.75 Å². The second-order valence-electron chi connectivity index (χ2n) is 5.36. The Balaban J connectivity index is 2.26. The zero-order chi connectivity index (χ0) is 15.5. The van der Waals surface area contributed by atoms with Crippen LogP contribution >= 0.6 is 11.6 Å². The van der Waals surface area contributed by atoms with Gasteiger partial charge in [-0.25, -0.2) is 8.42 Å². The molecule has 0 unspecified atom stereocenters. The highest BCUT2D eigenvalue weighted by atomic mass is 35.5. The van der Waals surface area contributed by atoms with Crippen molar-refractivity contribution in [2.45, 2.75) is 49.4 Å². The highest BCUT2D eigenvalue weighted by Gasteiger charge is 2.32. The van der Waals surface area contributed by atoms with Crippen LogP contribution in [0.2, 0.25) is 0 Å². The summed E-state index contributed by atoms with van der Waals surface area (Å²) in [7, 11) is -1.80. The summed E-state index contributed by atoms with van der Waals surface area (Å²) in [5, 5.41) is 0. The van der Waals surface area contributed by atoms with E-state index in [1.807, 2.05) is 6.92 Å². The Bertz CT molecular complexity index is 585. The predicted octanol–water partition coefficient (Wildman–Crippen LogP) is 3.39. The molecule has 1 aromatic carbocycles. The number of ether oxygens (including phenoxy) is 1. The number of sulfonamides is 1. The fourth-order valence-corrected chi connectivity index (χ4v) is 3.96. The number of hydrogen-bond donors (Lipinski definition) is 0. The monoisotopic (exact) mass is 331 g/mol. The van der Waals surface area contributed by atoms with Crippen LogP contribution in [0.1, 0.15) is 38.2 Å². The van der Waals surface area contributed by atoms with E-state index >= 15 is 0 Å². The molecule has 0 atom stereocenters. The molecule has 21 heavy (non-hydrogen) atoms. The van der Waals surface area contributed by atoms with E-state index < -0.39 is 10.0 Å². The molecule has 0 spiro atoms. The van der Waals surface area contributed by atoms with E-state index in [0.717, 1.165) is 25.7 Å². The van der Waals surface area contributed by atoms with Gasteiger partial charge < -0.3 is 4.74 Å². The Hall–Kier alpha value is -0.780. The van der Waals surface area contributed by atoms with Crippen molar-refractivity contribution in [1.82, 2.24) is 4.31 Å². The molecule has 1 fully saturated rings. The molecule has 0 heterocycles. The van der Waals surface area contributed by atoms with Gasteiger partial charge >= 0.3 is 0 Å². The van der Waals surface area contributed by atoms with Crippen LogP contribution in [0, 0.1) is 0 Å². The summed E-state index contributed by atoms with van der Waals surface area (Å²) in [6.07, 6.45) is 3.87. The molecule has 4 nitrogen and oxygen atoms in total. The van der Waals surface area contributed by atoms with Crippen molar-refractivity contribution in [3.63, 3.8) is 0 Å². The minimum Gasteiger partial charge on any atom is -0.493 e. The van der Waals surface area contributed by atoms with Gasteiger partial charge in [-0.3, -0.25) is 0 Å². The first-order valence-corrected chi connectivity index (χ1v) is 9.28. The standard InChI is InChI=1S/C15H22ClNO3S/c1-3-9-20-15-8-7-14(10-12(15)11-16)21(18,19)17(2)13-5-4-6-13/h7-8,10,13H,3-6,9,11H2,1-2H3. The molecule has 1 aliphatic rings. The van der Waals surface area contributed by atoms with Gasteiger partial charge in [0.2, 0.25) is 10.0 Å². The van der Waals surface area contributed by atoms with Gasteiger partial charge in [-0.15, -0.1) is 11.6 Å². The Morgan fingerprint density at radius 3 is 2.62 bits per heavy atom. The third kappa shape index (κ3) is 3.52. The van der Waals surface area contributed by atoms with Gasteiger partial charge in [0.05, 0.1) is 17.4 Å². The minimum absolute atomic E-state index is 0.130. The largest absolute Gasteiger partial charge is 0.493 e. The minimum atomic E-state index is -3.45. The summed E-state index contributed by atoms with van der Waals surface area (Å²) in [6, 6.07) is 5.06. The summed E-state index contributed by atoms with van der Waals surface area (Å²) < 4.78 is 32.3. The topological polar surface area (TPSA) is 46.6 Å². The number of halogens is 1. The van der Waals surface area contributed by atoms with Crippen LogP contribution in [0.15, 0.2) is 23.1 Å². The average Bonchev–Trinajstić information content (AvgIpc) is 2.42. The smallest absolute Gasteiger partial charge is 0.243 e. The number of benzene rings is 1. The first kappa shape index (κ1) is 16.6. The molecule has 0 saturated heterocycles. The highest BCUT2D eigenvalue weighted by Crippen LogP contribution is 2.31. The second-order valence-corrected chi connectivity index (χ2v) is 7.62. The molecule has 0 radical (unpaired) electrons. The van der Waals surface area contributed by atoms with E-state index in [4.69, 9.17) is 16.3 Å². The van der Waals surface area contributed by atoms with Crippen LogP contribution < -0.4 is 4.74 Å². The average molecular weight is 332 g/mol. The van der Waals surface area contributed by atoms with Gasteiger partial charge in [0.1, 0.15) is 5.75 Å². The lowest BCUT2D eigenvalue weighted by atomic mass is 9.94. The van der Waals surface area contributed by atoms with E-state index in [1.165, 1.54) is 4.31 Å². The molecule has 1 aromatic rings. The van der Waals surface area contributed by atoms with Crippen LogP contribution in [0.3, 0.4) is 0 Å². The molecule has 1 aliphatic carbocycles. The molecular formula is C15H22ClNO3S. The SMILES string of the molecule is CCCOc1ccc(S(=O)(=O)N(C)C2CCC2)cc1CCl. The van der Waals surface area contributed by atoms with Gasteiger partial charge in [0.25, 0.3) is 0 Å². The third-order valence-corrected chi connectivity index (χ3v) is 6.10. The molecule has 0 N–H and O–H groups in total. The maximum absolute atomic E-state index is 12.6. The van der Waals surface area contributed by atoms with Gasteiger partial charge in [0, 0.05) is 18.7 Å². The lowest BCUT2D eigenvalue weighted by molar-refractivity contribution is 0.249. The van der Waals surface area contributed by atoms with Crippen LogP contribution in [-0.4, -0.2) is 32.4 Å². The molecule has 1 saturated carbocycles. The lowest BCUT2D eigenvalue weighted by Crippen LogP contribution is -2.41. The van der Waals surface area contributed by atoms with Crippen molar-refractivity contribution in [1.29, 1.82) is 0 Å². The summed E-state index contributed by atoms with van der Waals surface area (Å²) in [5.74, 6) is 0.896. The molecule has 118 valence electrons. The maximum Gasteiger partial charge on any atom is 0.243 e. The normalized spacial score (nSPS) is 16.0. The zero-order valence-corrected chi connectivity index (χ0v) is 14.1.